The van der Waals surface area contributed by atoms with Crippen LogP contribution in [-0.4, -0.2) is 6.04 Å². The Balaban J connectivity index is 1.96. The van der Waals surface area contributed by atoms with Crippen LogP contribution >= 0.6 is 0 Å². The van der Waals surface area contributed by atoms with E-state index < -0.39 is 0 Å². The molecule has 0 aliphatic heterocycles. The van der Waals surface area contributed by atoms with E-state index in [0.29, 0.717) is 6.04 Å². The molecule has 0 radical (unpaired) electrons. The van der Waals surface area contributed by atoms with Crippen LogP contribution in [0.15, 0.2) is 0 Å². The Kier molecular flexibility index (Phi) is 1.92. The van der Waals surface area contributed by atoms with Crippen molar-refractivity contribution in [3.05, 3.63) is 0 Å². The Morgan fingerprint density at radius 2 is 2.18 bits per heavy atom. The Labute approximate surface area is 69.4 Å². The maximum atomic E-state index is 6.06. The number of rotatable bonds is 2. The van der Waals surface area contributed by atoms with Gasteiger partial charge in [0, 0.05) is 6.04 Å². The van der Waals surface area contributed by atoms with Crippen molar-refractivity contribution < 1.29 is 0 Å². The summed E-state index contributed by atoms with van der Waals surface area (Å²) in [6, 6.07) is 0.505. The van der Waals surface area contributed by atoms with Crippen molar-refractivity contribution in [2.45, 2.75) is 45.1 Å². The van der Waals surface area contributed by atoms with Crippen LogP contribution in [0.25, 0.3) is 0 Å². The lowest BCUT2D eigenvalue weighted by molar-refractivity contribution is 0.277. The van der Waals surface area contributed by atoms with Gasteiger partial charge in [-0.05, 0) is 43.4 Å². The largest absolute Gasteiger partial charge is 0.327 e. The molecule has 4 atom stereocenters. The third kappa shape index (κ3) is 1.20. The van der Waals surface area contributed by atoms with E-state index in [4.69, 9.17) is 5.73 Å². The zero-order valence-electron chi connectivity index (χ0n) is 7.42. The Morgan fingerprint density at radius 1 is 1.36 bits per heavy atom. The molecule has 0 amide bonds. The maximum absolute atomic E-state index is 6.06. The SMILES string of the molecule is CC[C@H](N)C1CC2CCC1C2. The van der Waals surface area contributed by atoms with E-state index in [-0.39, 0.29) is 0 Å². The van der Waals surface area contributed by atoms with Crippen LogP contribution in [-0.2, 0) is 0 Å². The second kappa shape index (κ2) is 2.78. The van der Waals surface area contributed by atoms with Crippen LogP contribution in [0.4, 0.5) is 0 Å². The molecule has 2 rings (SSSR count). The lowest BCUT2D eigenvalue weighted by Crippen LogP contribution is -2.32. The zero-order valence-corrected chi connectivity index (χ0v) is 7.42. The van der Waals surface area contributed by atoms with Crippen molar-refractivity contribution in [2.75, 3.05) is 0 Å². The molecule has 2 aliphatic rings. The van der Waals surface area contributed by atoms with Crippen LogP contribution in [0.5, 0.6) is 0 Å². The molecule has 2 saturated carbocycles. The summed E-state index contributed by atoms with van der Waals surface area (Å²) >= 11 is 0. The molecule has 1 heteroatoms. The molecule has 0 spiro atoms. The summed E-state index contributed by atoms with van der Waals surface area (Å²) in [5.41, 5.74) is 6.06. The van der Waals surface area contributed by atoms with Gasteiger partial charge in [-0.25, -0.2) is 0 Å². The van der Waals surface area contributed by atoms with Crippen LogP contribution < -0.4 is 5.73 Å². The van der Waals surface area contributed by atoms with Crippen LogP contribution in [0.2, 0.25) is 0 Å². The van der Waals surface area contributed by atoms with Crippen LogP contribution in [0.1, 0.15) is 39.0 Å². The molecule has 0 saturated heterocycles. The first-order chi connectivity index (χ1) is 5.31. The van der Waals surface area contributed by atoms with Gasteiger partial charge in [0.15, 0.2) is 0 Å². The minimum atomic E-state index is 0.505. The Morgan fingerprint density at radius 3 is 2.64 bits per heavy atom. The normalized spacial score (nSPS) is 44.7. The fourth-order valence-corrected chi connectivity index (χ4v) is 3.12. The minimum absolute atomic E-state index is 0.505. The predicted molar refractivity (Wildman–Crippen MR) is 47.2 cm³/mol. The van der Waals surface area contributed by atoms with Crippen molar-refractivity contribution in [1.29, 1.82) is 0 Å². The summed E-state index contributed by atoms with van der Waals surface area (Å²) in [5.74, 6) is 2.95. The molecular formula is C10H19N. The van der Waals surface area contributed by atoms with Crippen molar-refractivity contribution in [3.63, 3.8) is 0 Å². The maximum Gasteiger partial charge on any atom is 0.00672 e. The number of hydrogen-bond acceptors (Lipinski definition) is 1. The van der Waals surface area contributed by atoms with E-state index in [2.05, 4.69) is 6.92 Å². The molecule has 2 fully saturated rings. The molecule has 2 bridgehead atoms. The minimum Gasteiger partial charge on any atom is -0.327 e. The molecule has 2 N–H and O–H groups in total. The molecule has 0 aromatic rings. The van der Waals surface area contributed by atoms with E-state index in [1.54, 1.807) is 0 Å². The average molecular weight is 153 g/mol. The van der Waals surface area contributed by atoms with Crippen molar-refractivity contribution in [2.24, 2.45) is 23.5 Å². The Hall–Kier alpha value is -0.0400. The van der Waals surface area contributed by atoms with Gasteiger partial charge < -0.3 is 5.73 Å². The van der Waals surface area contributed by atoms with Gasteiger partial charge in [0.25, 0.3) is 0 Å². The van der Waals surface area contributed by atoms with E-state index >= 15 is 0 Å². The highest BCUT2D eigenvalue weighted by Crippen LogP contribution is 2.49. The number of nitrogens with two attached hydrogens (primary N) is 1. The molecule has 0 heterocycles. The van der Waals surface area contributed by atoms with Gasteiger partial charge in [-0.1, -0.05) is 13.3 Å². The zero-order chi connectivity index (χ0) is 7.84. The fourth-order valence-electron chi connectivity index (χ4n) is 3.12. The fraction of sp³-hybridized carbons (Fsp3) is 1.00. The molecular weight excluding hydrogens is 134 g/mol. The number of fused-ring (bicyclic) bond motifs is 2. The predicted octanol–water partition coefficient (Wildman–Crippen LogP) is 2.16. The Bertz CT molecular complexity index is 144. The van der Waals surface area contributed by atoms with Gasteiger partial charge in [-0.15, -0.1) is 0 Å². The molecule has 64 valence electrons. The van der Waals surface area contributed by atoms with Crippen molar-refractivity contribution in [1.82, 2.24) is 0 Å². The molecule has 3 unspecified atom stereocenters. The van der Waals surface area contributed by atoms with E-state index in [1.807, 2.05) is 0 Å². The van der Waals surface area contributed by atoms with Gasteiger partial charge in [-0.2, -0.15) is 0 Å². The quantitative estimate of drug-likeness (QED) is 0.646. The van der Waals surface area contributed by atoms with Gasteiger partial charge in [0.2, 0.25) is 0 Å². The third-order valence-corrected chi connectivity index (χ3v) is 3.81. The van der Waals surface area contributed by atoms with E-state index in [1.165, 1.54) is 32.1 Å². The molecule has 0 aromatic carbocycles. The first-order valence-corrected chi connectivity index (χ1v) is 5.06. The number of hydrogen-bond donors (Lipinski definition) is 1. The molecule has 2 aliphatic carbocycles. The average Bonchev–Trinajstić information content (AvgIpc) is 2.62. The standard InChI is InChI=1S/C10H19N/c1-2-10(11)9-6-7-3-4-8(9)5-7/h7-10H,2-6,11H2,1H3/t7?,8?,9?,10-/m0/s1. The topological polar surface area (TPSA) is 26.0 Å². The van der Waals surface area contributed by atoms with Crippen molar-refractivity contribution >= 4 is 0 Å². The first kappa shape index (κ1) is 7.60. The summed E-state index contributed by atoms with van der Waals surface area (Å²) in [7, 11) is 0. The second-order valence-corrected chi connectivity index (χ2v) is 4.41. The summed E-state index contributed by atoms with van der Waals surface area (Å²) in [6.45, 7) is 2.22. The summed E-state index contributed by atoms with van der Waals surface area (Å²) in [4.78, 5) is 0. The smallest absolute Gasteiger partial charge is 0.00672 e. The van der Waals surface area contributed by atoms with Gasteiger partial charge >= 0.3 is 0 Å². The molecule has 11 heavy (non-hydrogen) atoms. The lowest BCUT2D eigenvalue weighted by Gasteiger charge is -2.26. The van der Waals surface area contributed by atoms with Gasteiger partial charge in [-0.3, -0.25) is 0 Å². The molecule has 1 nitrogen and oxygen atoms in total. The third-order valence-electron chi connectivity index (χ3n) is 3.81. The first-order valence-electron chi connectivity index (χ1n) is 5.06. The summed E-state index contributed by atoms with van der Waals surface area (Å²) in [5, 5.41) is 0. The monoisotopic (exact) mass is 153 g/mol. The molecule has 0 aromatic heterocycles. The highest BCUT2D eigenvalue weighted by Gasteiger charge is 2.41. The highest BCUT2D eigenvalue weighted by atomic mass is 14.7. The van der Waals surface area contributed by atoms with Crippen molar-refractivity contribution in [3.8, 4) is 0 Å². The van der Waals surface area contributed by atoms with E-state index in [9.17, 15) is 0 Å². The second-order valence-electron chi connectivity index (χ2n) is 4.41. The van der Waals surface area contributed by atoms with Gasteiger partial charge in [0.1, 0.15) is 0 Å². The van der Waals surface area contributed by atoms with Crippen LogP contribution in [0, 0.1) is 17.8 Å². The van der Waals surface area contributed by atoms with Gasteiger partial charge in [0.05, 0.1) is 0 Å². The lowest BCUT2D eigenvalue weighted by atomic mass is 9.83. The highest BCUT2D eigenvalue weighted by molar-refractivity contribution is 4.93. The van der Waals surface area contributed by atoms with Crippen LogP contribution in [0.3, 0.4) is 0 Å². The summed E-state index contributed by atoms with van der Waals surface area (Å²) in [6.07, 6.45) is 7.09. The summed E-state index contributed by atoms with van der Waals surface area (Å²) < 4.78 is 0. The van der Waals surface area contributed by atoms with E-state index in [0.717, 1.165) is 17.8 Å².